The molecular weight excluding hydrogens is 557 g/mol. The second-order valence-corrected chi connectivity index (χ2v) is 8.46. The number of carbonyl (C=O) groups excluding carboxylic acids is 2. The van der Waals surface area contributed by atoms with Gasteiger partial charge >= 0.3 is 6.18 Å². The second-order valence-electron chi connectivity index (χ2n) is 8.05. The number of aromatic nitrogens is 5. The van der Waals surface area contributed by atoms with Gasteiger partial charge in [-0.3, -0.25) is 9.59 Å². The summed E-state index contributed by atoms with van der Waals surface area (Å²) < 4.78 is 50.9. The van der Waals surface area contributed by atoms with Gasteiger partial charge in [-0.05, 0) is 24.3 Å². The lowest BCUT2D eigenvalue weighted by atomic mass is 10.2. The van der Waals surface area contributed by atoms with Crippen LogP contribution in [0, 0.1) is 0 Å². The Morgan fingerprint density at radius 1 is 1.23 bits per heavy atom. The molecule has 4 rings (SSSR count). The largest absolute Gasteiger partial charge is 0.444 e. The normalized spacial score (nSPS) is 11.2. The van der Waals surface area contributed by atoms with Crippen molar-refractivity contribution in [2.24, 2.45) is 7.05 Å². The van der Waals surface area contributed by atoms with Gasteiger partial charge in [0.25, 0.3) is 0 Å². The molecule has 1 aromatic carbocycles. The molecule has 0 bridgehead atoms. The van der Waals surface area contributed by atoms with Gasteiger partial charge in [-0.25, -0.2) is 19.6 Å². The maximum atomic E-state index is 13.0. The van der Waals surface area contributed by atoms with E-state index in [1.165, 1.54) is 44.8 Å². The van der Waals surface area contributed by atoms with Crippen molar-refractivity contribution in [3.8, 4) is 23.1 Å². The lowest BCUT2D eigenvalue weighted by molar-refractivity contribution is -0.141. The van der Waals surface area contributed by atoms with E-state index in [0.717, 1.165) is 16.8 Å². The highest BCUT2D eigenvalue weighted by Gasteiger charge is 2.35. The Morgan fingerprint density at radius 2 is 1.98 bits per heavy atom. The summed E-state index contributed by atoms with van der Waals surface area (Å²) in [4.78, 5) is 35.9. The number of aryl methyl sites for hydroxylation is 1. The van der Waals surface area contributed by atoms with E-state index in [4.69, 9.17) is 20.8 Å². The summed E-state index contributed by atoms with van der Waals surface area (Å²) in [6.45, 7) is 4.73. The van der Waals surface area contributed by atoms with E-state index in [9.17, 15) is 22.8 Å². The Hall–Kier alpha value is -4.92. The fourth-order valence-electron chi connectivity index (χ4n) is 3.29. The Morgan fingerprint density at radius 3 is 2.62 bits per heavy atom. The van der Waals surface area contributed by atoms with Gasteiger partial charge in [0.05, 0.1) is 17.3 Å². The summed E-state index contributed by atoms with van der Waals surface area (Å²) in [5, 5.41) is 11.7. The Balaban J connectivity index is 1.61. The minimum atomic E-state index is -4.63. The van der Waals surface area contributed by atoms with Crippen LogP contribution in [0.5, 0.6) is 11.6 Å². The molecule has 0 aliphatic rings. The van der Waals surface area contributed by atoms with E-state index < -0.39 is 23.7 Å². The van der Waals surface area contributed by atoms with Gasteiger partial charge in [-0.2, -0.15) is 18.3 Å². The second kappa shape index (κ2) is 11.4. The van der Waals surface area contributed by atoms with Gasteiger partial charge in [-0.1, -0.05) is 18.2 Å². The maximum absolute atomic E-state index is 13.0. The molecule has 208 valence electrons. The van der Waals surface area contributed by atoms with E-state index in [1.807, 2.05) is 0 Å². The zero-order chi connectivity index (χ0) is 29.0. The molecule has 0 unspecified atom stereocenters. The molecule has 12 nitrogen and oxygen atoms in total. The minimum Gasteiger partial charge on any atom is -0.444 e. The molecule has 2 amide bonds. The lowest BCUT2D eigenvalue weighted by Crippen LogP contribution is -2.20. The van der Waals surface area contributed by atoms with Crippen molar-refractivity contribution in [2.45, 2.75) is 19.6 Å². The molecule has 0 saturated heterocycles. The van der Waals surface area contributed by atoms with Gasteiger partial charge < -0.3 is 25.1 Å². The number of halogens is 4. The van der Waals surface area contributed by atoms with Crippen LogP contribution < -0.4 is 20.7 Å². The van der Waals surface area contributed by atoms with Gasteiger partial charge in [-0.15, -0.1) is 0 Å². The van der Waals surface area contributed by atoms with Crippen LogP contribution in [-0.2, 0) is 29.4 Å². The van der Waals surface area contributed by atoms with Crippen LogP contribution >= 0.6 is 11.6 Å². The van der Waals surface area contributed by atoms with Crippen molar-refractivity contribution < 1.29 is 31.9 Å². The number of rotatable bonds is 9. The summed E-state index contributed by atoms with van der Waals surface area (Å²) in [6.07, 6.45) is -1.00. The predicted molar refractivity (Wildman–Crippen MR) is 137 cm³/mol. The highest BCUT2D eigenvalue weighted by Crippen LogP contribution is 2.37. The first-order valence-electron chi connectivity index (χ1n) is 11.3. The van der Waals surface area contributed by atoms with E-state index >= 15 is 0 Å². The van der Waals surface area contributed by atoms with Gasteiger partial charge in [0, 0.05) is 25.7 Å². The van der Waals surface area contributed by atoms with E-state index in [2.05, 4.69) is 42.6 Å². The van der Waals surface area contributed by atoms with Crippen LogP contribution in [0.4, 0.5) is 30.5 Å². The average molecular weight is 577 g/mol. The minimum absolute atomic E-state index is 0.0393. The first kappa shape index (κ1) is 28.1. The average Bonchev–Trinajstić information content (AvgIpc) is 3.50. The van der Waals surface area contributed by atoms with Crippen molar-refractivity contribution in [3.05, 3.63) is 65.9 Å². The molecule has 4 aromatic rings. The third-order valence-corrected chi connectivity index (χ3v) is 5.37. The first-order valence-corrected chi connectivity index (χ1v) is 11.7. The molecule has 3 N–H and O–H groups in total. The van der Waals surface area contributed by atoms with E-state index in [-0.39, 0.29) is 46.3 Å². The van der Waals surface area contributed by atoms with Crippen LogP contribution in [0.15, 0.2) is 53.9 Å². The molecule has 0 fully saturated rings. The summed E-state index contributed by atoms with van der Waals surface area (Å²) in [6, 6.07) is 5.18. The van der Waals surface area contributed by atoms with Crippen LogP contribution in [0.3, 0.4) is 0 Å². The summed E-state index contributed by atoms with van der Waals surface area (Å²) in [7, 11) is 1.30. The Kier molecular flexibility index (Phi) is 8.04. The van der Waals surface area contributed by atoms with Crippen molar-refractivity contribution >= 4 is 40.7 Å². The Bertz CT molecular complexity index is 1580. The molecule has 3 heterocycles. The zero-order valence-corrected chi connectivity index (χ0v) is 21.6. The molecule has 0 spiro atoms. The third kappa shape index (κ3) is 6.55. The van der Waals surface area contributed by atoms with Crippen molar-refractivity contribution in [1.82, 2.24) is 30.0 Å². The van der Waals surface area contributed by atoms with Crippen molar-refractivity contribution in [1.29, 1.82) is 0 Å². The third-order valence-electron chi connectivity index (χ3n) is 5.07. The fraction of sp³-hybridized carbons (Fsp3) is 0.167. The van der Waals surface area contributed by atoms with Gasteiger partial charge in [0.1, 0.15) is 29.7 Å². The van der Waals surface area contributed by atoms with Crippen molar-refractivity contribution in [2.75, 3.05) is 10.6 Å². The van der Waals surface area contributed by atoms with Crippen LogP contribution in [-0.4, -0.2) is 36.5 Å². The molecule has 16 heteroatoms. The summed E-state index contributed by atoms with van der Waals surface area (Å²) in [5.74, 6) is -0.601. The molecular formula is C24H20ClF3N8O4. The number of hydrogen-bond acceptors (Lipinski definition) is 9. The summed E-state index contributed by atoms with van der Waals surface area (Å²) in [5.41, 5.74) is -0.132. The molecule has 0 aliphatic carbocycles. The number of oxazole rings is 1. The molecule has 3 aromatic heterocycles. The van der Waals surface area contributed by atoms with Gasteiger partial charge in [0.2, 0.25) is 23.6 Å². The van der Waals surface area contributed by atoms with Crippen LogP contribution in [0.1, 0.15) is 18.3 Å². The predicted octanol–water partition coefficient (Wildman–Crippen LogP) is 4.83. The molecule has 0 radical (unpaired) electrons. The number of alkyl halides is 3. The molecule has 0 saturated carbocycles. The lowest BCUT2D eigenvalue weighted by Gasteiger charge is -2.14. The van der Waals surface area contributed by atoms with Crippen LogP contribution in [0.25, 0.3) is 11.5 Å². The molecule has 0 atom stereocenters. The standard InChI is InChI=1S/C24H20ClF3N8O4/c1-4-18(38)29-9-14-10-39-23(34-14)20-21(32-12(2)37)30-11-31-22(20)33-13-5-6-16(15(25)7-13)40-19-8-17(24(26,27)28)35-36(19)3/h4-8,10-11H,1,9H2,2-3H3,(H,29,38)(H2,30,31,32,33,37). The topological polar surface area (TPSA) is 149 Å². The quantitative estimate of drug-likeness (QED) is 0.238. The van der Waals surface area contributed by atoms with Crippen molar-refractivity contribution in [3.63, 3.8) is 0 Å². The fourth-order valence-corrected chi connectivity index (χ4v) is 3.51. The molecule has 40 heavy (non-hydrogen) atoms. The maximum Gasteiger partial charge on any atom is 0.435 e. The van der Waals surface area contributed by atoms with Crippen LogP contribution in [0.2, 0.25) is 5.02 Å². The van der Waals surface area contributed by atoms with E-state index in [0.29, 0.717) is 11.4 Å². The Labute approximate surface area is 229 Å². The number of nitrogens with zero attached hydrogens (tertiary/aromatic N) is 5. The monoisotopic (exact) mass is 576 g/mol. The first-order chi connectivity index (χ1) is 18.9. The number of carbonyl (C=O) groups is 2. The highest BCUT2D eigenvalue weighted by atomic mass is 35.5. The summed E-state index contributed by atoms with van der Waals surface area (Å²) >= 11 is 6.35. The zero-order valence-electron chi connectivity index (χ0n) is 20.8. The number of benzene rings is 1. The number of hydrogen-bond donors (Lipinski definition) is 3. The number of anilines is 3. The SMILES string of the molecule is C=CC(=O)NCc1coc(-c2c(NC(C)=O)ncnc2Nc2ccc(Oc3cc(C(F)(F)F)nn3C)c(Cl)c2)n1. The number of ether oxygens (including phenoxy) is 1. The number of amides is 2. The number of nitrogens with one attached hydrogen (secondary N) is 3. The molecule has 0 aliphatic heterocycles. The smallest absolute Gasteiger partial charge is 0.435 e. The van der Waals surface area contributed by atoms with Gasteiger partial charge in [0.15, 0.2) is 11.5 Å². The highest BCUT2D eigenvalue weighted by molar-refractivity contribution is 6.32. The van der Waals surface area contributed by atoms with E-state index in [1.54, 1.807) is 0 Å².